The molecule has 21 heavy (non-hydrogen) atoms. The quantitative estimate of drug-likeness (QED) is 0.801. The van der Waals surface area contributed by atoms with Gasteiger partial charge in [-0.2, -0.15) is 0 Å². The molecular formula is C16H31N3O2. The Morgan fingerprint density at radius 3 is 2.43 bits per heavy atom. The van der Waals surface area contributed by atoms with E-state index in [2.05, 4.69) is 15.1 Å². The molecule has 1 amide bonds. The molecule has 2 N–H and O–H groups in total. The number of amides is 1. The van der Waals surface area contributed by atoms with E-state index in [9.17, 15) is 9.90 Å². The van der Waals surface area contributed by atoms with Gasteiger partial charge in [-0.3, -0.25) is 14.6 Å². The molecule has 0 unspecified atom stereocenters. The zero-order chi connectivity index (χ0) is 15.5. The van der Waals surface area contributed by atoms with Crippen molar-refractivity contribution >= 4 is 5.91 Å². The van der Waals surface area contributed by atoms with Gasteiger partial charge in [0.05, 0.1) is 12.1 Å². The summed E-state index contributed by atoms with van der Waals surface area (Å²) in [6.45, 7) is 9.31. The fourth-order valence-corrected chi connectivity index (χ4v) is 3.87. The van der Waals surface area contributed by atoms with Gasteiger partial charge < -0.3 is 10.4 Å². The Kier molecular flexibility index (Phi) is 5.28. The van der Waals surface area contributed by atoms with Gasteiger partial charge in [0.25, 0.3) is 0 Å². The van der Waals surface area contributed by atoms with E-state index in [1.54, 1.807) is 7.05 Å². The van der Waals surface area contributed by atoms with E-state index in [1.165, 1.54) is 25.7 Å². The Labute approximate surface area is 128 Å². The van der Waals surface area contributed by atoms with Crippen molar-refractivity contribution in [2.75, 3.05) is 46.3 Å². The van der Waals surface area contributed by atoms with Crippen molar-refractivity contribution in [1.82, 2.24) is 15.1 Å². The van der Waals surface area contributed by atoms with Crippen LogP contribution in [0, 0.1) is 5.41 Å². The van der Waals surface area contributed by atoms with Crippen molar-refractivity contribution in [3.05, 3.63) is 0 Å². The molecule has 0 saturated carbocycles. The molecule has 0 aromatic rings. The van der Waals surface area contributed by atoms with Crippen LogP contribution >= 0.6 is 0 Å². The predicted molar refractivity (Wildman–Crippen MR) is 84.1 cm³/mol. The SMILES string of the molecule is CNC(=O)CN1CCC2(CCCN(CC(C)(C)O)C2)CC1. The van der Waals surface area contributed by atoms with Gasteiger partial charge in [0.2, 0.25) is 5.91 Å². The summed E-state index contributed by atoms with van der Waals surface area (Å²) in [4.78, 5) is 16.2. The summed E-state index contributed by atoms with van der Waals surface area (Å²) in [5.41, 5.74) is -0.207. The van der Waals surface area contributed by atoms with Crippen LogP contribution in [0.3, 0.4) is 0 Å². The van der Waals surface area contributed by atoms with Crippen molar-refractivity contribution in [1.29, 1.82) is 0 Å². The van der Waals surface area contributed by atoms with Crippen molar-refractivity contribution in [2.45, 2.75) is 45.1 Å². The summed E-state index contributed by atoms with van der Waals surface area (Å²) in [6.07, 6.45) is 4.87. The lowest BCUT2D eigenvalue weighted by Crippen LogP contribution is -2.53. The Morgan fingerprint density at radius 1 is 1.19 bits per heavy atom. The molecule has 5 heteroatoms. The Balaban J connectivity index is 1.85. The van der Waals surface area contributed by atoms with E-state index in [0.717, 1.165) is 32.7 Å². The van der Waals surface area contributed by atoms with E-state index >= 15 is 0 Å². The van der Waals surface area contributed by atoms with Crippen molar-refractivity contribution in [2.24, 2.45) is 5.41 Å². The Hall–Kier alpha value is -0.650. The highest BCUT2D eigenvalue weighted by atomic mass is 16.3. The maximum Gasteiger partial charge on any atom is 0.233 e. The first-order valence-corrected chi connectivity index (χ1v) is 8.20. The fourth-order valence-electron chi connectivity index (χ4n) is 3.87. The number of aliphatic hydroxyl groups is 1. The summed E-state index contributed by atoms with van der Waals surface area (Å²) in [5, 5.41) is 12.7. The maximum absolute atomic E-state index is 11.5. The average molecular weight is 297 g/mol. The summed E-state index contributed by atoms with van der Waals surface area (Å²) < 4.78 is 0. The Bertz CT molecular complexity index is 357. The lowest BCUT2D eigenvalue weighted by Gasteiger charge is -2.48. The number of likely N-dealkylation sites (N-methyl/N-ethyl adjacent to an activating group) is 1. The summed E-state index contributed by atoms with van der Waals surface area (Å²) >= 11 is 0. The highest BCUT2D eigenvalue weighted by Crippen LogP contribution is 2.40. The number of rotatable bonds is 4. The van der Waals surface area contributed by atoms with Gasteiger partial charge in [0, 0.05) is 20.1 Å². The molecule has 5 nitrogen and oxygen atoms in total. The number of hydrogen-bond acceptors (Lipinski definition) is 4. The van der Waals surface area contributed by atoms with Crippen LogP contribution in [0.4, 0.5) is 0 Å². The van der Waals surface area contributed by atoms with Crippen LogP contribution < -0.4 is 5.32 Å². The summed E-state index contributed by atoms with van der Waals surface area (Å²) in [7, 11) is 1.70. The van der Waals surface area contributed by atoms with E-state index in [4.69, 9.17) is 0 Å². The highest BCUT2D eigenvalue weighted by molar-refractivity contribution is 5.77. The minimum Gasteiger partial charge on any atom is -0.389 e. The second-order valence-corrected chi connectivity index (χ2v) is 7.58. The van der Waals surface area contributed by atoms with E-state index in [-0.39, 0.29) is 5.91 Å². The molecule has 2 aliphatic heterocycles. The van der Waals surface area contributed by atoms with Gasteiger partial charge in [-0.05, 0) is 64.6 Å². The van der Waals surface area contributed by atoms with E-state index in [0.29, 0.717) is 12.0 Å². The van der Waals surface area contributed by atoms with Crippen LogP contribution in [0.1, 0.15) is 39.5 Å². The van der Waals surface area contributed by atoms with Crippen LogP contribution in [0.2, 0.25) is 0 Å². The molecule has 1 spiro atoms. The molecule has 122 valence electrons. The van der Waals surface area contributed by atoms with Gasteiger partial charge >= 0.3 is 0 Å². The summed E-state index contributed by atoms with van der Waals surface area (Å²) in [5.74, 6) is 0.109. The number of hydrogen-bond donors (Lipinski definition) is 2. The normalized spacial score (nSPS) is 24.2. The second-order valence-electron chi connectivity index (χ2n) is 7.58. The van der Waals surface area contributed by atoms with Crippen molar-refractivity contribution in [3.63, 3.8) is 0 Å². The lowest BCUT2D eigenvalue weighted by molar-refractivity contribution is -0.122. The number of piperidine rings is 2. The van der Waals surface area contributed by atoms with Crippen LogP contribution in [-0.2, 0) is 4.79 Å². The number of β-amino-alcohol motifs (C(OH)–C–C–N with tert-alkyl or cyclic N) is 1. The molecule has 0 radical (unpaired) electrons. The first-order valence-electron chi connectivity index (χ1n) is 8.20. The van der Waals surface area contributed by atoms with E-state index < -0.39 is 5.60 Å². The van der Waals surface area contributed by atoms with Crippen LogP contribution in [0.15, 0.2) is 0 Å². The predicted octanol–water partition coefficient (Wildman–Crippen LogP) is 0.681. The topological polar surface area (TPSA) is 55.8 Å². The zero-order valence-corrected chi connectivity index (χ0v) is 13.8. The smallest absolute Gasteiger partial charge is 0.233 e. The zero-order valence-electron chi connectivity index (χ0n) is 13.8. The van der Waals surface area contributed by atoms with Crippen molar-refractivity contribution in [3.8, 4) is 0 Å². The molecule has 0 aliphatic carbocycles. The van der Waals surface area contributed by atoms with Crippen LogP contribution in [0.5, 0.6) is 0 Å². The second kappa shape index (κ2) is 6.63. The van der Waals surface area contributed by atoms with Gasteiger partial charge in [0.1, 0.15) is 0 Å². The van der Waals surface area contributed by atoms with Crippen LogP contribution in [0.25, 0.3) is 0 Å². The number of likely N-dealkylation sites (tertiary alicyclic amines) is 2. The van der Waals surface area contributed by atoms with Gasteiger partial charge in [0.15, 0.2) is 0 Å². The molecule has 2 aliphatic rings. The van der Waals surface area contributed by atoms with Gasteiger partial charge in [-0.15, -0.1) is 0 Å². The highest BCUT2D eigenvalue weighted by Gasteiger charge is 2.39. The molecule has 2 rings (SSSR count). The molecule has 0 bridgehead atoms. The Morgan fingerprint density at radius 2 is 1.86 bits per heavy atom. The first kappa shape index (κ1) is 16.7. The molecular weight excluding hydrogens is 266 g/mol. The molecule has 2 heterocycles. The number of carbonyl (C=O) groups is 1. The third-order valence-electron chi connectivity index (χ3n) is 4.91. The fraction of sp³-hybridized carbons (Fsp3) is 0.938. The molecule has 2 fully saturated rings. The lowest BCUT2D eigenvalue weighted by atomic mass is 9.72. The maximum atomic E-state index is 11.5. The third kappa shape index (κ3) is 4.94. The summed E-state index contributed by atoms with van der Waals surface area (Å²) in [6, 6.07) is 0. The minimum atomic E-state index is -0.613. The molecule has 0 atom stereocenters. The van der Waals surface area contributed by atoms with Crippen LogP contribution in [-0.4, -0.2) is 72.7 Å². The number of carbonyl (C=O) groups excluding carboxylic acids is 1. The van der Waals surface area contributed by atoms with Gasteiger partial charge in [-0.25, -0.2) is 0 Å². The minimum absolute atomic E-state index is 0.109. The molecule has 2 saturated heterocycles. The number of nitrogens with zero attached hydrogens (tertiary/aromatic N) is 2. The standard InChI is InChI=1S/C16H31N3O2/c1-15(2,21)12-19-8-4-5-16(13-19)6-9-18(10-7-16)11-14(20)17-3/h21H,4-13H2,1-3H3,(H,17,20). The monoisotopic (exact) mass is 297 g/mol. The van der Waals surface area contributed by atoms with E-state index in [1.807, 2.05) is 13.8 Å². The third-order valence-corrected chi connectivity index (χ3v) is 4.91. The molecule has 0 aromatic heterocycles. The average Bonchev–Trinajstić information content (AvgIpc) is 2.40. The number of nitrogens with one attached hydrogen (secondary N) is 1. The first-order chi connectivity index (χ1) is 9.82. The van der Waals surface area contributed by atoms with Crippen molar-refractivity contribution < 1.29 is 9.90 Å². The van der Waals surface area contributed by atoms with Gasteiger partial charge in [-0.1, -0.05) is 0 Å². The molecule has 0 aromatic carbocycles. The largest absolute Gasteiger partial charge is 0.389 e.